The van der Waals surface area contributed by atoms with E-state index < -0.39 is 0 Å². The van der Waals surface area contributed by atoms with E-state index in [0.29, 0.717) is 6.61 Å². The Kier molecular flexibility index (Phi) is 1.85. The number of hydrogen-bond donors (Lipinski definition) is 1. The molecule has 2 saturated heterocycles. The molecule has 74 valence electrons. The summed E-state index contributed by atoms with van der Waals surface area (Å²) in [6.45, 7) is 1.43. The Morgan fingerprint density at radius 2 is 2.15 bits per heavy atom. The van der Waals surface area contributed by atoms with E-state index in [-0.39, 0.29) is 16.9 Å². The van der Waals surface area contributed by atoms with Gasteiger partial charge >= 0.3 is 5.97 Å². The molecule has 13 heavy (non-hydrogen) atoms. The van der Waals surface area contributed by atoms with Gasteiger partial charge in [0.2, 0.25) is 0 Å². The molecule has 0 aromatic carbocycles. The maximum Gasteiger partial charge on any atom is 0.313 e. The molecule has 0 atom stereocenters. The first kappa shape index (κ1) is 8.97. The quantitative estimate of drug-likeness (QED) is 0.625. The summed E-state index contributed by atoms with van der Waals surface area (Å²) < 4.78 is 9.89. The first-order chi connectivity index (χ1) is 6.16. The van der Waals surface area contributed by atoms with Gasteiger partial charge in [0.15, 0.2) is 0 Å². The zero-order chi connectivity index (χ0) is 9.53. The molecule has 3 rings (SSSR count). The van der Waals surface area contributed by atoms with Gasteiger partial charge in [0.25, 0.3) is 0 Å². The standard InChI is InChI=1S/C9H15NO3/c1-12-6-9-3-8(4-9,5-10-9)7(11)13-2/h10H,3-6H2,1-2H3. The minimum absolute atomic E-state index is 0.0585. The van der Waals surface area contributed by atoms with Crippen LogP contribution >= 0.6 is 0 Å². The van der Waals surface area contributed by atoms with Gasteiger partial charge in [-0.15, -0.1) is 0 Å². The van der Waals surface area contributed by atoms with Gasteiger partial charge in [0.1, 0.15) is 0 Å². The van der Waals surface area contributed by atoms with Crippen LogP contribution in [0.1, 0.15) is 12.8 Å². The number of nitrogens with one attached hydrogen (secondary N) is 1. The van der Waals surface area contributed by atoms with Crippen LogP contribution in [0.5, 0.6) is 0 Å². The SMILES string of the molecule is COCC12CC(C(=O)OC)(CN1)C2. The molecule has 0 spiro atoms. The smallest absolute Gasteiger partial charge is 0.313 e. The van der Waals surface area contributed by atoms with Crippen LogP contribution in [0.4, 0.5) is 0 Å². The normalized spacial score (nSPS) is 41.4. The Labute approximate surface area is 77.6 Å². The second-order valence-electron chi connectivity index (χ2n) is 4.19. The molecule has 0 aromatic rings. The number of hydrogen-bond acceptors (Lipinski definition) is 4. The van der Waals surface area contributed by atoms with E-state index >= 15 is 0 Å². The summed E-state index contributed by atoms with van der Waals surface area (Å²) in [6.07, 6.45) is 1.72. The molecule has 1 N–H and O–H groups in total. The maximum atomic E-state index is 11.4. The highest BCUT2D eigenvalue weighted by Crippen LogP contribution is 2.54. The van der Waals surface area contributed by atoms with E-state index in [1.807, 2.05) is 0 Å². The Balaban J connectivity index is 2.02. The topological polar surface area (TPSA) is 47.6 Å². The van der Waals surface area contributed by atoms with Crippen molar-refractivity contribution in [3.63, 3.8) is 0 Å². The Morgan fingerprint density at radius 1 is 1.46 bits per heavy atom. The average Bonchev–Trinajstić information content (AvgIpc) is 2.59. The van der Waals surface area contributed by atoms with Crippen LogP contribution in [0.15, 0.2) is 0 Å². The van der Waals surface area contributed by atoms with Gasteiger partial charge in [-0.2, -0.15) is 0 Å². The van der Waals surface area contributed by atoms with Crippen molar-refractivity contribution in [3.8, 4) is 0 Å². The van der Waals surface area contributed by atoms with Gasteiger partial charge in [0, 0.05) is 19.2 Å². The fraction of sp³-hybridized carbons (Fsp3) is 0.889. The van der Waals surface area contributed by atoms with Crippen LogP contribution < -0.4 is 5.32 Å². The number of carbonyl (C=O) groups is 1. The molecule has 3 aliphatic rings. The number of esters is 1. The van der Waals surface area contributed by atoms with E-state index in [9.17, 15) is 4.79 Å². The van der Waals surface area contributed by atoms with Crippen LogP contribution in [-0.2, 0) is 14.3 Å². The highest BCUT2D eigenvalue weighted by molar-refractivity contribution is 5.80. The molecule has 0 aromatic heterocycles. The van der Waals surface area contributed by atoms with Crippen LogP contribution in [0.2, 0.25) is 0 Å². The Hall–Kier alpha value is -0.610. The Morgan fingerprint density at radius 3 is 2.69 bits per heavy atom. The summed E-state index contributed by atoms with van der Waals surface area (Å²) in [4.78, 5) is 11.4. The number of fused-ring (bicyclic) bond motifs is 1. The second-order valence-corrected chi connectivity index (χ2v) is 4.19. The molecule has 2 aliphatic heterocycles. The second kappa shape index (κ2) is 2.69. The number of rotatable bonds is 3. The molecule has 4 heteroatoms. The monoisotopic (exact) mass is 185 g/mol. The summed E-state index contributed by atoms with van der Waals surface area (Å²) in [5, 5.41) is 3.34. The largest absolute Gasteiger partial charge is 0.469 e. The third-order valence-electron chi connectivity index (χ3n) is 3.19. The molecular formula is C9H15NO3. The molecule has 1 saturated carbocycles. The van der Waals surface area contributed by atoms with Gasteiger partial charge in [-0.05, 0) is 12.8 Å². The van der Waals surface area contributed by atoms with Crippen molar-refractivity contribution in [3.05, 3.63) is 0 Å². The van der Waals surface area contributed by atoms with Crippen molar-refractivity contribution in [2.45, 2.75) is 18.4 Å². The van der Waals surface area contributed by atoms with Crippen LogP contribution in [-0.4, -0.2) is 38.9 Å². The average molecular weight is 185 g/mol. The van der Waals surface area contributed by atoms with Gasteiger partial charge < -0.3 is 14.8 Å². The van der Waals surface area contributed by atoms with Crippen molar-refractivity contribution < 1.29 is 14.3 Å². The zero-order valence-electron chi connectivity index (χ0n) is 8.05. The highest BCUT2D eigenvalue weighted by Gasteiger charge is 2.65. The van der Waals surface area contributed by atoms with E-state index in [4.69, 9.17) is 9.47 Å². The van der Waals surface area contributed by atoms with Gasteiger partial charge in [-0.25, -0.2) is 0 Å². The van der Waals surface area contributed by atoms with Gasteiger partial charge in [0.05, 0.1) is 19.1 Å². The lowest BCUT2D eigenvalue weighted by molar-refractivity contribution is -0.158. The van der Waals surface area contributed by atoms with E-state index in [1.54, 1.807) is 7.11 Å². The minimum Gasteiger partial charge on any atom is -0.469 e. The lowest BCUT2D eigenvalue weighted by Gasteiger charge is -2.43. The lowest BCUT2D eigenvalue weighted by atomic mass is 9.62. The molecule has 3 fully saturated rings. The molecule has 2 bridgehead atoms. The summed E-state index contributed by atoms with van der Waals surface area (Å²) in [5.74, 6) is -0.0794. The molecular weight excluding hydrogens is 170 g/mol. The zero-order valence-corrected chi connectivity index (χ0v) is 8.05. The van der Waals surface area contributed by atoms with Crippen molar-refractivity contribution in [2.75, 3.05) is 27.4 Å². The van der Waals surface area contributed by atoms with Crippen LogP contribution in [0.3, 0.4) is 0 Å². The predicted molar refractivity (Wildman–Crippen MR) is 46.3 cm³/mol. The molecule has 4 nitrogen and oxygen atoms in total. The van der Waals surface area contributed by atoms with E-state index in [0.717, 1.165) is 19.4 Å². The van der Waals surface area contributed by atoms with Crippen molar-refractivity contribution in [1.29, 1.82) is 0 Å². The maximum absolute atomic E-state index is 11.4. The number of carbonyl (C=O) groups excluding carboxylic acids is 1. The van der Waals surface area contributed by atoms with Crippen LogP contribution in [0.25, 0.3) is 0 Å². The molecule has 0 unspecified atom stereocenters. The molecule has 2 heterocycles. The van der Waals surface area contributed by atoms with Crippen molar-refractivity contribution >= 4 is 5.97 Å². The predicted octanol–water partition coefficient (Wildman–Crippen LogP) is -0.0720. The van der Waals surface area contributed by atoms with Crippen molar-refractivity contribution in [2.24, 2.45) is 5.41 Å². The molecule has 0 amide bonds. The third kappa shape index (κ3) is 1.09. The number of ether oxygens (including phenoxy) is 2. The third-order valence-corrected chi connectivity index (χ3v) is 3.19. The fourth-order valence-electron chi connectivity index (χ4n) is 2.71. The minimum atomic E-state index is -0.243. The van der Waals surface area contributed by atoms with Crippen LogP contribution in [0, 0.1) is 5.41 Å². The van der Waals surface area contributed by atoms with Gasteiger partial charge in [-0.1, -0.05) is 0 Å². The summed E-state index contributed by atoms with van der Waals surface area (Å²) in [6, 6.07) is 0. The first-order valence-corrected chi connectivity index (χ1v) is 4.49. The molecule has 1 aliphatic carbocycles. The first-order valence-electron chi connectivity index (χ1n) is 4.49. The van der Waals surface area contributed by atoms with E-state index in [2.05, 4.69) is 5.32 Å². The lowest BCUT2D eigenvalue weighted by Crippen LogP contribution is -2.54. The van der Waals surface area contributed by atoms with Crippen molar-refractivity contribution in [1.82, 2.24) is 5.32 Å². The van der Waals surface area contributed by atoms with E-state index in [1.165, 1.54) is 7.11 Å². The fourth-order valence-corrected chi connectivity index (χ4v) is 2.71. The van der Waals surface area contributed by atoms with Gasteiger partial charge in [-0.3, -0.25) is 4.79 Å². The number of methoxy groups -OCH3 is 2. The Bertz CT molecular complexity index is 233. The summed E-state index contributed by atoms with van der Waals surface area (Å²) in [5.41, 5.74) is -0.184. The summed E-state index contributed by atoms with van der Waals surface area (Å²) >= 11 is 0. The highest BCUT2D eigenvalue weighted by atomic mass is 16.5. The molecule has 0 radical (unpaired) electrons. The summed E-state index contributed by atoms with van der Waals surface area (Å²) in [7, 11) is 3.14.